The van der Waals surface area contributed by atoms with E-state index >= 15 is 0 Å². The largest absolute Gasteiger partial charge is 0.435 e. The van der Waals surface area contributed by atoms with E-state index < -0.39 is 0 Å². The van der Waals surface area contributed by atoms with Crippen LogP contribution in [0.3, 0.4) is 0 Å². The SMILES string of the molecule is CC(C)c1cccc(C(C)C=COC(=O)Cc2ccccc2)c1. The van der Waals surface area contributed by atoms with Crippen molar-refractivity contribution in [3.8, 4) is 0 Å². The lowest BCUT2D eigenvalue weighted by atomic mass is 9.95. The molecule has 0 aliphatic carbocycles. The van der Waals surface area contributed by atoms with Crippen LogP contribution in [-0.2, 0) is 16.0 Å². The summed E-state index contributed by atoms with van der Waals surface area (Å²) >= 11 is 0. The maximum atomic E-state index is 11.8. The van der Waals surface area contributed by atoms with E-state index in [4.69, 9.17) is 4.74 Å². The number of allylic oxidation sites excluding steroid dienone is 1. The summed E-state index contributed by atoms with van der Waals surface area (Å²) in [4.78, 5) is 11.8. The van der Waals surface area contributed by atoms with Crippen molar-refractivity contribution in [2.45, 2.75) is 39.0 Å². The molecule has 0 aliphatic rings. The molecular weight excluding hydrogens is 284 g/mol. The molecular formula is C21H24O2. The van der Waals surface area contributed by atoms with Crippen LogP contribution in [0.2, 0.25) is 0 Å². The Labute approximate surface area is 138 Å². The Kier molecular flexibility index (Phi) is 6.16. The van der Waals surface area contributed by atoms with Gasteiger partial charge in [-0.15, -0.1) is 0 Å². The number of esters is 1. The van der Waals surface area contributed by atoms with Gasteiger partial charge < -0.3 is 4.74 Å². The van der Waals surface area contributed by atoms with Gasteiger partial charge >= 0.3 is 5.97 Å². The topological polar surface area (TPSA) is 26.3 Å². The fourth-order valence-electron chi connectivity index (χ4n) is 2.35. The van der Waals surface area contributed by atoms with Crippen LogP contribution in [-0.4, -0.2) is 5.97 Å². The lowest BCUT2D eigenvalue weighted by Gasteiger charge is -2.11. The highest BCUT2D eigenvalue weighted by Gasteiger charge is 2.06. The summed E-state index contributed by atoms with van der Waals surface area (Å²) in [5.74, 6) is 0.476. The molecule has 0 bridgehead atoms. The Bertz CT molecular complexity index is 657. The average Bonchev–Trinajstić information content (AvgIpc) is 2.55. The Morgan fingerprint density at radius 3 is 2.39 bits per heavy atom. The van der Waals surface area contributed by atoms with Crippen molar-refractivity contribution in [3.63, 3.8) is 0 Å². The van der Waals surface area contributed by atoms with E-state index in [1.54, 1.807) is 0 Å². The Morgan fingerprint density at radius 1 is 1.00 bits per heavy atom. The van der Waals surface area contributed by atoms with Crippen molar-refractivity contribution < 1.29 is 9.53 Å². The van der Waals surface area contributed by atoms with Gasteiger partial charge in [-0.3, -0.25) is 4.79 Å². The van der Waals surface area contributed by atoms with Crippen molar-refractivity contribution >= 4 is 5.97 Å². The minimum absolute atomic E-state index is 0.207. The fourth-order valence-corrected chi connectivity index (χ4v) is 2.35. The smallest absolute Gasteiger partial charge is 0.315 e. The predicted octanol–water partition coefficient (Wildman–Crippen LogP) is 5.21. The zero-order valence-electron chi connectivity index (χ0n) is 14.0. The highest BCUT2D eigenvalue weighted by Crippen LogP contribution is 2.22. The molecule has 0 radical (unpaired) electrons. The highest BCUT2D eigenvalue weighted by molar-refractivity contribution is 5.73. The maximum Gasteiger partial charge on any atom is 0.315 e. The van der Waals surface area contributed by atoms with Gasteiger partial charge in [-0.25, -0.2) is 0 Å². The molecule has 0 heterocycles. The first kappa shape index (κ1) is 17.0. The second kappa shape index (κ2) is 8.33. The summed E-state index contributed by atoms with van der Waals surface area (Å²) in [6, 6.07) is 18.2. The van der Waals surface area contributed by atoms with E-state index in [1.165, 1.54) is 17.4 Å². The van der Waals surface area contributed by atoms with E-state index in [-0.39, 0.29) is 11.9 Å². The summed E-state index contributed by atoms with van der Waals surface area (Å²) in [7, 11) is 0. The molecule has 2 aromatic carbocycles. The van der Waals surface area contributed by atoms with Gasteiger partial charge in [-0.1, -0.05) is 75.4 Å². The first-order valence-electron chi connectivity index (χ1n) is 8.06. The summed E-state index contributed by atoms with van der Waals surface area (Å²) in [5.41, 5.74) is 3.51. The molecule has 0 saturated carbocycles. The number of hydrogen-bond acceptors (Lipinski definition) is 2. The van der Waals surface area contributed by atoms with Crippen molar-refractivity contribution in [1.29, 1.82) is 0 Å². The zero-order chi connectivity index (χ0) is 16.7. The Hall–Kier alpha value is -2.35. The third-order valence-electron chi connectivity index (χ3n) is 3.86. The molecule has 0 spiro atoms. The van der Waals surface area contributed by atoms with Crippen LogP contribution in [0.4, 0.5) is 0 Å². The monoisotopic (exact) mass is 308 g/mol. The van der Waals surface area contributed by atoms with Gasteiger partial charge in [0.05, 0.1) is 12.7 Å². The molecule has 1 unspecified atom stereocenters. The molecule has 2 heteroatoms. The van der Waals surface area contributed by atoms with Gasteiger partial charge in [0.15, 0.2) is 0 Å². The molecule has 23 heavy (non-hydrogen) atoms. The van der Waals surface area contributed by atoms with Crippen molar-refractivity contribution in [2.75, 3.05) is 0 Å². The molecule has 2 rings (SSSR count). The van der Waals surface area contributed by atoms with Crippen LogP contribution in [0.1, 0.15) is 49.3 Å². The highest BCUT2D eigenvalue weighted by atomic mass is 16.5. The Balaban J connectivity index is 1.89. The minimum atomic E-state index is -0.240. The first-order chi connectivity index (χ1) is 11.1. The molecule has 0 fully saturated rings. The fraction of sp³-hybridized carbons (Fsp3) is 0.286. The lowest BCUT2D eigenvalue weighted by Crippen LogP contribution is -2.04. The van der Waals surface area contributed by atoms with Gasteiger partial charge in [0.2, 0.25) is 0 Å². The molecule has 0 amide bonds. The molecule has 2 aromatic rings. The van der Waals surface area contributed by atoms with E-state index in [0.29, 0.717) is 12.3 Å². The van der Waals surface area contributed by atoms with Gasteiger partial charge in [0.25, 0.3) is 0 Å². The van der Waals surface area contributed by atoms with Crippen LogP contribution >= 0.6 is 0 Å². The summed E-state index contributed by atoms with van der Waals surface area (Å²) in [6.07, 6.45) is 3.72. The normalized spacial score (nSPS) is 12.5. The molecule has 0 N–H and O–H groups in total. The lowest BCUT2D eigenvalue weighted by molar-refractivity contribution is -0.137. The van der Waals surface area contributed by atoms with E-state index in [0.717, 1.165) is 5.56 Å². The molecule has 2 nitrogen and oxygen atoms in total. The second-order valence-electron chi connectivity index (χ2n) is 6.09. The summed E-state index contributed by atoms with van der Waals surface area (Å²) in [5, 5.41) is 0. The van der Waals surface area contributed by atoms with E-state index in [1.807, 2.05) is 36.4 Å². The van der Waals surface area contributed by atoms with Crippen LogP contribution in [0.15, 0.2) is 66.9 Å². The van der Waals surface area contributed by atoms with Gasteiger partial charge in [0.1, 0.15) is 0 Å². The number of hydrogen-bond donors (Lipinski definition) is 0. The molecule has 0 saturated heterocycles. The second-order valence-corrected chi connectivity index (χ2v) is 6.09. The van der Waals surface area contributed by atoms with E-state index in [2.05, 4.69) is 45.0 Å². The Morgan fingerprint density at radius 2 is 1.70 bits per heavy atom. The molecule has 0 aromatic heterocycles. The molecule has 1 atom stereocenters. The van der Waals surface area contributed by atoms with Crippen LogP contribution in [0.5, 0.6) is 0 Å². The number of carbonyl (C=O) groups excluding carboxylic acids is 1. The number of carbonyl (C=O) groups is 1. The summed E-state index contributed by atoms with van der Waals surface area (Å²) in [6.45, 7) is 6.47. The van der Waals surface area contributed by atoms with Gasteiger partial charge in [0, 0.05) is 5.92 Å². The van der Waals surface area contributed by atoms with E-state index in [9.17, 15) is 4.79 Å². The average molecular weight is 308 g/mol. The summed E-state index contributed by atoms with van der Waals surface area (Å²) < 4.78 is 5.20. The first-order valence-corrected chi connectivity index (χ1v) is 8.06. The van der Waals surface area contributed by atoms with Crippen LogP contribution < -0.4 is 0 Å². The molecule has 120 valence electrons. The van der Waals surface area contributed by atoms with Gasteiger partial charge in [-0.2, -0.15) is 0 Å². The third-order valence-corrected chi connectivity index (χ3v) is 3.86. The third kappa shape index (κ3) is 5.41. The van der Waals surface area contributed by atoms with Crippen molar-refractivity contribution in [1.82, 2.24) is 0 Å². The zero-order valence-corrected chi connectivity index (χ0v) is 14.0. The van der Waals surface area contributed by atoms with Crippen LogP contribution in [0.25, 0.3) is 0 Å². The number of ether oxygens (including phenoxy) is 1. The number of benzene rings is 2. The van der Waals surface area contributed by atoms with Gasteiger partial charge in [-0.05, 0) is 28.7 Å². The molecule has 0 aliphatic heterocycles. The number of rotatable bonds is 6. The minimum Gasteiger partial charge on any atom is -0.435 e. The standard InChI is InChI=1S/C21H24O2/c1-16(2)19-10-7-11-20(15-19)17(3)12-13-23-21(22)14-18-8-5-4-6-9-18/h4-13,15-17H,14H2,1-3H3. The maximum absolute atomic E-state index is 11.8. The van der Waals surface area contributed by atoms with Crippen molar-refractivity contribution in [2.24, 2.45) is 0 Å². The van der Waals surface area contributed by atoms with Crippen molar-refractivity contribution in [3.05, 3.63) is 83.6 Å². The predicted molar refractivity (Wildman–Crippen MR) is 94.3 cm³/mol. The quantitative estimate of drug-likeness (QED) is 0.540. The van der Waals surface area contributed by atoms with Crippen LogP contribution in [0, 0.1) is 0 Å².